The summed E-state index contributed by atoms with van der Waals surface area (Å²) in [4.78, 5) is 10.5. The van der Waals surface area contributed by atoms with Crippen molar-refractivity contribution in [2.45, 2.75) is 4.33 Å². The lowest BCUT2D eigenvalue weighted by atomic mass is 10.2. The van der Waals surface area contributed by atoms with E-state index in [0.717, 1.165) is 0 Å². The van der Waals surface area contributed by atoms with Gasteiger partial charge in [-0.1, -0.05) is 23.2 Å². The van der Waals surface area contributed by atoms with Crippen LogP contribution in [-0.4, -0.2) is 11.1 Å². The first-order valence-electron chi connectivity index (χ1n) is 2.69. The van der Waals surface area contributed by atoms with Crippen LogP contribution in [0.4, 0.5) is 0 Å². The molecule has 2 nitrogen and oxygen atoms in total. The van der Waals surface area contributed by atoms with Crippen LogP contribution >= 0.6 is 34.5 Å². The zero-order valence-corrected chi connectivity index (χ0v) is 7.58. The van der Waals surface area contributed by atoms with Crippen molar-refractivity contribution in [3.8, 4) is 0 Å². The van der Waals surface area contributed by atoms with Gasteiger partial charge in [0.15, 0.2) is 0 Å². The summed E-state index contributed by atoms with van der Waals surface area (Å²) in [5, 5.41) is 11.9. The molecule has 0 radical (unpaired) electrons. The summed E-state index contributed by atoms with van der Waals surface area (Å²) in [6.07, 6.45) is 0. The Labute approximate surface area is 77.4 Å². The summed E-state index contributed by atoms with van der Waals surface area (Å²) >= 11 is 12.4. The molecule has 1 N–H and O–H groups in total. The van der Waals surface area contributed by atoms with Crippen LogP contribution in [0.15, 0.2) is 16.8 Å². The number of rotatable bonds is 2. The highest BCUT2D eigenvalue weighted by molar-refractivity contribution is 7.08. The van der Waals surface area contributed by atoms with Crippen LogP contribution in [0.1, 0.15) is 5.56 Å². The van der Waals surface area contributed by atoms with Crippen molar-refractivity contribution in [1.29, 1.82) is 0 Å². The number of hydrogen-bond donors (Lipinski definition) is 1. The third-order valence-corrected chi connectivity index (χ3v) is 2.60. The molecule has 1 aromatic heterocycles. The third-order valence-electron chi connectivity index (χ3n) is 1.15. The number of carboxylic acid groups (broad SMARTS) is 1. The minimum Gasteiger partial charge on any atom is -0.479 e. The standard InChI is InChI=1S/C6H4Cl2O2S/c7-6(8,5(9)10)4-1-2-11-3-4/h1-3H,(H,9,10). The predicted molar refractivity (Wildman–Crippen MR) is 45.3 cm³/mol. The minimum absolute atomic E-state index is 0.401. The summed E-state index contributed by atoms with van der Waals surface area (Å²) in [6.45, 7) is 0. The summed E-state index contributed by atoms with van der Waals surface area (Å²) < 4.78 is -1.81. The Balaban J connectivity index is 3.00. The molecule has 0 aromatic carbocycles. The highest BCUT2D eigenvalue weighted by Crippen LogP contribution is 2.35. The molecule has 1 rings (SSSR count). The van der Waals surface area contributed by atoms with Crippen LogP contribution in [0.5, 0.6) is 0 Å². The lowest BCUT2D eigenvalue weighted by molar-refractivity contribution is -0.138. The quantitative estimate of drug-likeness (QED) is 0.763. The van der Waals surface area contributed by atoms with Gasteiger partial charge < -0.3 is 5.11 Å². The molecule has 0 aliphatic carbocycles. The van der Waals surface area contributed by atoms with Crippen LogP contribution in [-0.2, 0) is 9.13 Å². The Hall–Kier alpha value is -0.250. The lowest BCUT2D eigenvalue weighted by Gasteiger charge is -2.10. The molecule has 1 heterocycles. The number of thiophene rings is 1. The molecule has 0 saturated heterocycles. The number of alkyl halides is 2. The van der Waals surface area contributed by atoms with E-state index in [4.69, 9.17) is 28.3 Å². The van der Waals surface area contributed by atoms with Gasteiger partial charge in [0.1, 0.15) is 0 Å². The second-order valence-electron chi connectivity index (χ2n) is 1.89. The summed E-state index contributed by atoms with van der Waals surface area (Å²) in [5.74, 6) is -1.25. The van der Waals surface area contributed by atoms with Gasteiger partial charge in [-0.25, -0.2) is 4.79 Å². The Bertz CT molecular complexity index is 256. The summed E-state index contributed by atoms with van der Waals surface area (Å²) in [7, 11) is 0. The van der Waals surface area contributed by atoms with Crippen molar-refractivity contribution in [3.05, 3.63) is 22.4 Å². The number of carbonyl (C=O) groups is 1. The average Bonchev–Trinajstić information content (AvgIpc) is 2.37. The Kier molecular flexibility index (Phi) is 2.42. The minimum atomic E-state index is -1.81. The molecular weight excluding hydrogens is 207 g/mol. The molecule has 0 atom stereocenters. The van der Waals surface area contributed by atoms with Gasteiger partial charge in [0.25, 0.3) is 0 Å². The molecule has 0 fully saturated rings. The molecule has 0 spiro atoms. The fourth-order valence-electron chi connectivity index (χ4n) is 0.567. The number of hydrogen-bond acceptors (Lipinski definition) is 2. The Morgan fingerprint density at radius 3 is 2.64 bits per heavy atom. The first kappa shape index (κ1) is 8.84. The molecule has 0 unspecified atom stereocenters. The van der Waals surface area contributed by atoms with E-state index in [2.05, 4.69) is 0 Å². The first-order valence-corrected chi connectivity index (χ1v) is 4.39. The van der Waals surface area contributed by atoms with Crippen molar-refractivity contribution in [2.24, 2.45) is 0 Å². The van der Waals surface area contributed by atoms with Crippen molar-refractivity contribution < 1.29 is 9.90 Å². The fourth-order valence-corrected chi connectivity index (χ4v) is 1.64. The largest absolute Gasteiger partial charge is 0.479 e. The van der Waals surface area contributed by atoms with Crippen LogP contribution in [0.25, 0.3) is 0 Å². The summed E-state index contributed by atoms with van der Waals surface area (Å²) in [5.41, 5.74) is 0.401. The van der Waals surface area contributed by atoms with Crippen molar-refractivity contribution in [3.63, 3.8) is 0 Å². The molecule has 0 aliphatic heterocycles. The van der Waals surface area contributed by atoms with E-state index in [1.165, 1.54) is 11.3 Å². The highest BCUT2D eigenvalue weighted by Gasteiger charge is 2.35. The van der Waals surface area contributed by atoms with Gasteiger partial charge in [-0.3, -0.25) is 0 Å². The van der Waals surface area contributed by atoms with E-state index >= 15 is 0 Å². The zero-order chi connectivity index (χ0) is 8.48. The van der Waals surface area contributed by atoms with E-state index in [0.29, 0.717) is 5.56 Å². The van der Waals surface area contributed by atoms with Gasteiger partial charge in [-0.15, -0.1) is 0 Å². The molecule has 0 amide bonds. The third kappa shape index (κ3) is 1.67. The zero-order valence-electron chi connectivity index (χ0n) is 5.25. The topological polar surface area (TPSA) is 37.3 Å². The van der Waals surface area contributed by atoms with Gasteiger partial charge in [0, 0.05) is 5.56 Å². The maximum absolute atomic E-state index is 10.5. The molecule has 1 aromatic rings. The fraction of sp³-hybridized carbons (Fsp3) is 0.167. The first-order chi connectivity index (χ1) is 5.05. The Morgan fingerprint density at radius 1 is 1.64 bits per heavy atom. The van der Waals surface area contributed by atoms with Gasteiger partial charge in [0.05, 0.1) is 0 Å². The SMILES string of the molecule is O=C(O)C(Cl)(Cl)c1ccsc1. The summed E-state index contributed by atoms with van der Waals surface area (Å²) in [6, 6.07) is 1.58. The molecule has 5 heteroatoms. The second kappa shape index (κ2) is 3.01. The smallest absolute Gasteiger partial charge is 0.344 e. The molecule has 0 saturated carbocycles. The van der Waals surface area contributed by atoms with E-state index < -0.39 is 10.3 Å². The van der Waals surface area contributed by atoms with Crippen LogP contribution in [0, 0.1) is 0 Å². The highest BCUT2D eigenvalue weighted by atomic mass is 35.5. The number of aliphatic carboxylic acids is 1. The predicted octanol–water partition coefficient (Wildman–Crippen LogP) is 2.46. The average molecular weight is 211 g/mol. The maximum atomic E-state index is 10.5. The second-order valence-corrected chi connectivity index (χ2v) is 4.00. The van der Waals surface area contributed by atoms with E-state index in [1.54, 1.807) is 16.8 Å². The maximum Gasteiger partial charge on any atom is 0.344 e. The van der Waals surface area contributed by atoms with E-state index in [9.17, 15) is 4.79 Å². The van der Waals surface area contributed by atoms with E-state index in [1.807, 2.05) is 0 Å². The van der Waals surface area contributed by atoms with Crippen molar-refractivity contribution in [2.75, 3.05) is 0 Å². The van der Waals surface area contributed by atoms with Crippen molar-refractivity contribution >= 4 is 40.5 Å². The molecule has 11 heavy (non-hydrogen) atoms. The van der Waals surface area contributed by atoms with Crippen LogP contribution in [0.3, 0.4) is 0 Å². The van der Waals surface area contributed by atoms with Crippen LogP contribution < -0.4 is 0 Å². The monoisotopic (exact) mass is 210 g/mol. The molecule has 60 valence electrons. The van der Waals surface area contributed by atoms with Gasteiger partial charge in [0.2, 0.25) is 4.33 Å². The molecule has 0 bridgehead atoms. The van der Waals surface area contributed by atoms with Crippen LogP contribution in [0.2, 0.25) is 0 Å². The number of carboxylic acids is 1. The lowest BCUT2D eigenvalue weighted by Crippen LogP contribution is -2.21. The van der Waals surface area contributed by atoms with Gasteiger partial charge >= 0.3 is 5.97 Å². The number of halogens is 2. The molecule has 0 aliphatic rings. The van der Waals surface area contributed by atoms with Gasteiger partial charge in [-0.05, 0) is 16.8 Å². The van der Waals surface area contributed by atoms with E-state index in [-0.39, 0.29) is 0 Å². The normalized spacial score (nSPS) is 11.5. The Morgan fingerprint density at radius 2 is 2.27 bits per heavy atom. The van der Waals surface area contributed by atoms with Crippen molar-refractivity contribution in [1.82, 2.24) is 0 Å². The molecular formula is C6H4Cl2O2S. The van der Waals surface area contributed by atoms with Gasteiger partial charge in [-0.2, -0.15) is 11.3 Å².